The molecule has 10 nitrogen and oxygen atoms in total. The predicted molar refractivity (Wildman–Crippen MR) is 236 cm³/mol. The van der Waals surface area contributed by atoms with Crippen LogP contribution in [0.5, 0.6) is 5.75 Å². The third kappa shape index (κ3) is 7.81. The molecular weight excluding hydrogens is 856 g/mol. The fourth-order valence-corrected chi connectivity index (χ4v) is 13.8. The molecule has 12 heteroatoms. The SMILES string of the molecule is C=CCOC1=C([Se]c2ccccc2)[C@@H]2[C@@H](OCc3ccc(OC)cc3)C(=O)[C@]3(C)[C@@H](O[Si](C)(C)C(C)(C)C)CC[C@@]4(CO4)[C@H]3[C@H](OC(=O)c3ccccc3)[C@](O)(C1=O)C2(C)C. The van der Waals surface area contributed by atoms with Crippen LogP contribution in [0.15, 0.2) is 108 Å². The average Bonchev–Trinajstić information content (AvgIpc) is 4.01. The minimum atomic E-state index is -2.61. The third-order valence-corrected chi connectivity index (χ3v) is 21.2. The second kappa shape index (κ2) is 16.7. The van der Waals surface area contributed by atoms with E-state index in [1.807, 2.05) is 61.5 Å². The Morgan fingerprint density at radius 2 is 1.61 bits per heavy atom. The molecule has 8 atom stereocenters. The third-order valence-electron chi connectivity index (χ3n) is 14.2. The molecule has 3 aromatic carbocycles. The summed E-state index contributed by atoms with van der Waals surface area (Å²) in [6.07, 6.45) is -1.03. The Bertz CT molecular complexity index is 2160. The molecule has 0 aromatic heterocycles. The fraction of sp³-hybridized carbons (Fsp3) is 0.490. The van der Waals surface area contributed by atoms with Crippen LogP contribution in [-0.4, -0.2) is 95.8 Å². The zero-order valence-electron chi connectivity index (χ0n) is 36.8. The van der Waals surface area contributed by atoms with E-state index in [0.717, 1.165) is 10.0 Å². The van der Waals surface area contributed by atoms with Crippen molar-refractivity contribution < 1.29 is 47.6 Å². The van der Waals surface area contributed by atoms with Gasteiger partial charge >= 0.3 is 369 Å². The maximum absolute atomic E-state index is 16.6. The topological polar surface area (TPSA) is 130 Å². The number of epoxide rings is 1. The quantitative estimate of drug-likeness (QED) is 0.0804. The molecule has 3 aromatic rings. The molecule has 1 N–H and O–H groups in total. The number of methoxy groups -OCH3 is 1. The summed E-state index contributed by atoms with van der Waals surface area (Å²) in [5.74, 6) is -3.08. The second-order valence-electron chi connectivity index (χ2n) is 19.2. The monoisotopic (exact) mass is 916 g/mol. The van der Waals surface area contributed by atoms with Gasteiger partial charge in [-0.05, 0) is 0 Å². The Hall–Kier alpha value is -3.87. The van der Waals surface area contributed by atoms with Crippen LogP contribution in [0.4, 0.5) is 0 Å². The first-order valence-corrected chi connectivity index (χ1v) is 25.7. The summed E-state index contributed by atoms with van der Waals surface area (Å²) in [5.41, 5.74) is -5.43. The van der Waals surface area contributed by atoms with E-state index in [0.29, 0.717) is 23.1 Å². The van der Waals surface area contributed by atoms with Crippen molar-refractivity contribution in [2.45, 2.75) is 109 Å². The van der Waals surface area contributed by atoms with Crippen LogP contribution in [0.25, 0.3) is 0 Å². The standard InChI is InChI=1S/C49H60O10SeSi/c1-11-28-55-38-39(60-34-20-16-13-17-21-34)36-37(56-29-31-22-24-33(54-8)25-23-31)41(50)47(7)35(59-61(9,10)45(2,3)4)26-27-48(30-57-48)40(47)43(49(53,42(38)51)46(36,5)6)58-44(52)32-18-14-12-15-19-32/h11-25,35-37,40,43,53H,1,26-30H2,2-10H3/t35-,36-,37+,40-,43-,47+,48+,49+/m0/s1. The molecular formula is C49H60O10SeSi. The van der Waals surface area contributed by atoms with E-state index in [9.17, 15) is 9.90 Å². The molecule has 3 fully saturated rings. The number of aliphatic hydroxyl groups is 1. The molecule has 2 saturated carbocycles. The van der Waals surface area contributed by atoms with Gasteiger partial charge in [-0.1, -0.05) is 0 Å². The summed E-state index contributed by atoms with van der Waals surface area (Å²) >= 11 is -0.598. The van der Waals surface area contributed by atoms with Gasteiger partial charge in [0.1, 0.15) is 0 Å². The molecule has 61 heavy (non-hydrogen) atoms. The van der Waals surface area contributed by atoms with Crippen molar-refractivity contribution in [2.24, 2.45) is 22.7 Å². The van der Waals surface area contributed by atoms with Crippen molar-refractivity contribution in [1.29, 1.82) is 0 Å². The summed E-state index contributed by atoms with van der Waals surface area (Å²) in [4.78, 5) is 46.9. The van der Waals surface area contributed by atoms with Gasteiger partial charge in [-0.2, -0.15) is 0 Å². The molecule has 1 heterocycles. The summed E-state index contributed by atoms with van der Waals surface area (Å²) in [7, 11) is -1.00. The number of rotatable bonds is 13. The Balaban J connectivity index is 1.53. The minimum absolute atomic E-state index is 0.0381. The normalized spacial score (nSPS) is 30.8. The van der Waals surface area contributed by atoms with Crippen LogP contribution in [0.2, 0.25) is 18.1 Å². The number of ether oxygens (including phenoxy) is 5. The van der Waals surface area contributed by atoms with Crippen molar-refractivity contribution in [3.8, 4) is 5.75 Å². The van der Waals surface area contributed by atoms with Gasteiger partial charge in [0.25, 0.3) is 0 Å². The van der Waals surface area contributed by atoms with Crippen molar-refractivity contribution in [2.75, 3.05) is 20.3 Å². The second-order valence-corrected chi connectivity index (χ2v) is 26.3. The predicted octanol–water partition coefficient (Wildman–Crippen LogP) is 7.36. The van der Waals surface area contributed by atoms with Crippen LogP contribution in [0.3, 0.4) is 0 Å². The van der Waals surface area contributed by atoms with E-state index >= 15 is 9.59 Å². The first-order chi connectivity index (χ1) is 28.8. The van der Waals surface area contributed by atoms with Gasteiger partial charge in [-0.3, -0.25) is 0 Å². The fourth-order valence-electron chi connectivity index (χ4n) is 9.60. The molecule has 4 aliphatic rings. The van der Waals surface area contributed by atoms with Crippen LogP contribution >= 0.6 is 0 Å². The molecule has 3 aliphatic carbocycles. The Kier molecular flexibility index (Phi) is 12.3. The van der Waals surface area contributed by atoms with Gasteiger partial charge in [-0.15, -0.1) is 0 Å². The van der Waals surface area contributed by atoms with Gasteiger partial charge in [0, 0.05) is 0 Å². The Morgan fingerprint density at radius 3 is 2.18 bits per heavy atom. The van der Waals surface area contributed by atoms with Gasteiger partial charge in [-0.25, -0.2) is 0 Å². The number of esters is 1. The molecule has 326 valence electrons. The van der Waals surface area contributed by atoms with Gasteiger partial charge in [0.2, 0.25) is 0 Å². The first-order valence-electron chi connectivity index (χ1n) is 21.1. The molecule has 0 amide bonds. The zero-order valence-corrected chi connectivity index (χ0v) is 39.5. The summed E-state index contributed by atoms with van der Waals surface area (Å²) < 4.78 is 40.8. The average molecular weight is 916 g/mol. The number of fused-ring (bicyclic) bond motifs is 4. The summed E-state index contributed by atoms with van der Waals surface area (Å²) in [6.45, 7) is 20.3. The van der Waals surface area contributed by atoms with Gasteiger partial charge in [0.15, 0.2) is 0 Å². The Labute approximate surface area is 367 Å². The van der Waals surface area contributed by atoms with Crippen molar-refractivity contribution in [1.82, 2.24) is 0 Å². The van der Waals surface area contributed by atoms with E-state index in [2.05, 4.69) is 40.4 Å². The van der Waals surface area contributed by atoms with E-state index < -0.39 is 87.2 Å². The van der Waals surface area contributed by atoms with E-state index in [1.54, 1.807) is 51.3 Å². The first kappa shape index (κ1) is 45.2. The van der Waals surface area contributed by atoms with Crippen molar-refractivity contribution >= 4 is 45.3 Å². The molecule has 7 rings (SSSR count). The Morgan fingerprint density at radius 1 is 0.984 bits per heavy atom. The van der Waals surface area contributed by atoms with Crippen molar-refractivity contribution in [3.05, 3.63) is 119 Å². The van der Waals surface area contributed by atoms with Crippen LogP contribution in [0, 0.1) is 22.7 Å². The molecule has 0 unspecified atom stereocenters. The molecule has 2 bridgehead atoms. The van der Waals surface area contributed by atoms with Gasteiger partial charge in [0.05, 0.1) is 0 Å². The summed E-state index contributed by atoms with van der Waals surface area (Å²) in [6, 6.07) is 25.7. The molecule has 1 spiro atoms. The molecule has 0 radical (unpaired) electrons. The van der Waals surface area contributed by atoms with Crippen LogP contribution < -0.4 is 9.20 Å². The van der Waals surface area contributed by atoms with E-state index in [4.69, 9.17) is 28.1 Å². The van der Waals surface area contributed by atoms with E-state index in [-0.39, 0.29) is 42.0 Å². The number of ketones is 2. The maximum atomic E-state index is 16.6. The molecule has 1 aliphatic heterocycles. The molecule has 1 saturated heterocycles. The number of carbonyl (C=O) groups excluding carboxylic acids is 3. The number of carbonyl (C=O) groups is 3. The zero-order chi connectivity index (χ0) is 44.2. The van der Waals surface area contributed by atoms with Gasteiger partial charge < -0.3 is 0 Å². The van der Waals surface area contributed by atoms with Crippen molar-refractivity contribution in [3.63, 3.8) is 0 Å². The number of Topliss-reactive ketones (excluding diaryl/α,β-unsaturated/α-hetero) is 2. The summed E-state index contributed by atoms with van der Waals surface area (Å²) in [5, 5.41) is 13.8. The number of benzene rings is 3. The van der Waals surface area contributed by atoms with E-state index in [1.165, 1.54) is 6.08 Å². The number of hydrogen-bond donors (Lipinski definition) is 1. The van der Waals surface area contributed by atoms with Crippen LogP contribution in [-0.2, 0) is 39.6 Å². The van der Waals surface area contributed by atoms with Crippen LogP contribution in [0.1, 0.15) is 70.3 Å². The number of hydrogen-bond acceptors (Lipinski definition) is 10.